The van der Waals surface area contributed by atoms with E-state index in [1.165, 1.54) is 44.9 Å². The normalized spacial score (nSPS) is 11.2. The average Bonchev–Trinajstić information content (AvgIpc) is 2.67. The van der Waals surface area contributed by atoms with Crippen molar-refractivity contribution in [1.82, 2.24) is 5.32 Å². The van der Waals surface area contributed by atoms with E-state index < -0.39 is 12.0 Å². The number of carbonyl (C=O) groups is 3. The fraction of sp³-hybridized carbons (Fsp3) is 0.864. The standard InChI is InChI=1S/C20H40N2O3.C2H4O2/c1-3-5-6-7-8-9-10-11-12-15-19(23)22-18(14-13-16-21)20(24)25-17-4-2;1-2(3)4/h18H,3-17,21H2,1-2H3,(H,22,23);1H3,(H,3,4)/t18-;/m0./s1. The lowest BCUT2D eigenvalue weighted by molar-refractivity contribution is -0.148. The number of carbonyl (C=O) groups excluding carboxylic acids is 2. The topological polar surface area (TPSA) is 119 Å². The molecule has 1 atom stereocenters. The minimum atomic E-state index is -0.833. The molecule has 0 spiro atoms. The third kappa shape index (κ3) is 24.3. The van der Waals surface area contributed by atoms with Gasteiger partial charge in [-0.25, -0.2) is 4.79 Å². The molecule has 0 fully saturated rings. The van der Waals surface area contributed by atoms with Gasteiger partial charge in [-0.1, -0.05) is 65.2 Å². The fourth-order valence-electron chi connectivity index (χ4n) is 2.74. The number of nitrogens with one attached hydrogen (secondary N) is 1. The summed E-state index contributed by atoms with van der Waals surface area (Å²) in [6.45, 7) is 6.16. The van der Waals surface area contributed by atoms with Crippen LogP contribution in [-0.2, 0) is 19.1 Å². The van der Waals surface area contributed by atoms with Crippen LogP contribution < -0.4 is 11.1 Å². The van der Waals surface area contributed by atoms with Crippen LogP contribution in [0, 0.1) is 0 Å². The second-order valence-corrected chi connectivity index (χ2v) is 7.32. The van der Waals surface area contributed by atoms with Crippen LogP contribution in [0.4, 0.5) is 0 Å². The van der Waals surface area contributed by atoms with Gasteiger partial charge in [0, 0.05) is 13.3 Å². The minimum Gasteiger partial charge on any atom is -0.481 e. The molecule has 29 heavy (non-hydrogen) atoms. The Morgan fingerprint density at radius 2 is 1.41 bits per heavy atom. The summed E-state index contributed by atoms with van der Waals surface area (Å²) < 4.78 is 5.15. The van der Waals surface area contributed by atoms with E-state index in [1.54, 1.807) is 0 Å². The molecule has 0 bridgehead atoms. The van der Waals surface area contributed by atoms with E-state index in [1.807, 2.05) is 6.92 Å². The molecule has 172 valence electrons. The highest BCUT2D eigenvalue weighted by atomic mass is 16.5. The lowest BCUT2D eigenvalue weighted by Crippen LogP contribution is -2.42. The summed E-state index contributed by atoms with van der Waals surface area (Å²) in [7, 11) is 0. The van der Waals surface area contributed by atoms with E-state index in [2.05, 4.69) is 12.2 Å². The summed E-state index contributed by atoms with van der Waals surface area (Å²) >= 11 is 0. The molecule has 7 nitrogen and oxygen atoms in total. The Labute approximate surface area is 177 Å². The van der Waals surface area contributed by atoms with Gasteiger partial charge in [0.05, 0.1) is 6.61 Å². The Morgan fingerprint density at radius 1 is 0.897 bits per heavy atom. The fourth-order valence-corrected chi connectivity index (χ4v) is 2.74. The van der Waals surface area contributed by atoms with E-state index in [-0.39, 0.29) is 11.9 Å². The molecule has 1 amide bonds. The average molecular weight is 417 g/mol. The van der Waals surface area contributed by atoms with E-state index >= 15 is 0 Å². The van der Waals surface area contributed by atoms with Crippen LogP contribution in [0.25, 0.3) is 0 Å². The van der Waals surface area contributed by atoms with Gasteiger partial charge in [-0.3, -0.25) is 9.59 Å². The molecular weight excluding hydrogens is 372 g/mol. The molecule has 0 heterocycles. The van der Waals surface area contributed by atoms with Gasteiger partial charge in [0.25, 0.3) is 5.97 Å². The van der Waals surface area contributed by atoms with Gasteiger partial charge >= 0.3 is 5.97 Å². The lowest BCUT2D eigenvalue weighted by Gasteiger charge is -2.17. The molecule has 0 aliphatic carbocycles. The maximum atomic E-state index is 12.1. The molecule has 0 rings (SSSR count). The monoisotopic (exact) mass is 416 g/mol. The summed E-state index contributed by atoms with van der Waals surface area (Å²) in [4.78, 5) is 33.0. The largest absolute Gasteiger partial charge is 0.481 e. The van der Waals surface area contributed by atoms with Crippen LogP contribution in [0.2, 0.25) is 0 Å². The van der Waals surface area contributed by atoms with Gasteiger partial charge < -0.3 is 20.9 Å². The number of aliphatic carboxylic acids is 1. The van der Waals surface area contributed by atoms with Crippen LogP contribution in [0.3, 0.4) is 0 Å². The molecule has 0 saturated carbocycles. The van der Waals surface area contributed by atoms with Crippen molar-refractivity contribution in [1.29, 1.82) is 0 Å². The number of unbranched alkanes of at least 4 members (excludes halogenated alkanes) is 8. The van der Waals surface area contributed by atoms with Crippen LogP contribution in [-0.4, -0.2) is 42.1 Å². The highest BCUT2D eigenvalue weighted by molar-refractivity contribution is 5.84. The summed E-state index contributed by atoms with van der Waals surface area (Å²) in [6.07, 6.45) is 13.5. The molecule has 0 aromatic rings. The third-order valence-electron chi connectivity index (χ3n) is 4.27. The number of rotatable bonds is 17. The maximum Gasteiger partial charge on any atom is 0.328 e. The lowest BCUT2D eigenvalue weighted by atomic mass is 10.1. The minimum absolute atomic E-state index is 0.0570. The van der Waals surface area contributed by atoms with E-state index in [9.17, 15) is 9.59 Å². The van der Waals surface area contributed by atoms with E-state index in [4.69, 9.17) is 20.4 Å². The Bertz CT molecular complexity index is 412. The number of hydrogen-bond donors (Lipinski definition) is 3. The van der Waals surface area contributed by atoms with Crippen molar-refractivity contribution >= 4 is 17.8 Å². The highest BCUT2D eigenvalue weighted by Crippen LogP contribution is 2.10. The highest BCUT2D eigenvalue weighted by Gasteiger charge is 2.21. The van der Waals surface area contributed by atoms with E-state index in [0.717, 1.165) is 26.2 Å². The Hall–Kier alpha value is -1.63. The Morgan fingerprint density at radius 3 is 1.90 bits per heavy atom. The van der Waals surface area contributed by atoms with Crippen molar-refractivity contribution in [3.63, 3.8) is 0 Å². The van der Waals surface area contributed by atoms with Gasteiger partial charge in [0.15, 0.2) is 0 Å². The number of carboxylic acids is 1. The molecule has 0 unspecified atom stereocenters. The second-order valence-electron chi connectivity index (χ2n) is 7.32. The first kappa shape index (κ1) is 29.6. The van der Waals surface area contributed by atoms with Crippen LogP contribution >= 0.6 is 0 Å². The molecule has 0 aliphatic heterocycles. The molecule has 0 saturated heterocycles. The van der Waals surface area contributed by atoms with Gasteiger partial charge in [-0.05, 0) is 32.2 Å². The van der Waals surface area contributed by atoms with Crippen molar-refractivity contribution in [2.45, 2.75) is 110 Å². The molecular formula is C22H44N2O5. The zero-order valence-electron chi connectivity index (χ0n) is 18.8. The Kier molecular flexibility index (Phi) is 23.1. The third-order valence-corrected chi connectivity index (χ3v) is 4.27. The number of nitrogens with two attached hydrogens (primary N) is 1. The first-order valence-corrected chi connectivity index (χ1v) is 11.2. The summed E-state index contributed by atoms with van der Waals surface area (Å²) in [5, 5.41) is 10.2. The van der Waals surface area contributed by atoms with E-state index in [0.29, 0.717) is 32.4 Å². The van der Waals surface area contributed by atoms with Crippen molar-refractivity contribution in [2.24, 2.45) is 5.73 Å². The maximum absolute atomic E-state index is 12.1. The van der Waals surface area contributed by atoms with Gasteiger partial charge in [-0.2, -0.15) is 0 Å². The number of amides is 1. The molecule has 7 heteroatoms. The first-order valence-electron chi connectivity index (χ1n) is 11.2. The van der Waals surface area contributed by atoms with Gasteiger partial charge in [0.2, 0.25) is 5.91 Å². The number of carboxylic acid groups (broad SMARTS) is 1. The number of ether oxygens (including phenoxy) is 1. The van der Waals surface area contributed by atoms with Gasteiger partial charge in [-0.15, -0.1) is 0 Å². The Balaban J connectivity index is 0. The number of esters is 1. The molecule has 0 aliphatic rings. The van der Waals surface area contributed by atoms with Crippen molar-refractivity contribution in [2.75, 3.05) is 13.2 Å². The molecule has 0 aromatic heterocycles. The smallest absolute Gasteiger partial charge is 0.328 e. The van der Waals surface area contributed by atoms with Gasteiger partial charge in [0.1, 0.15) is 6.04 Å². The molecule has 0 aromatic carbocycles. The summed E-state index contributed by atoms with van der Waals surface area (Å²) in [5.41, 5.74) is 5.51. The second kappa shape index (κ2) is 22.7. The van der Waals surface area contributed by atoms with Crippen molar-refractivity contribution in [3.8, 4) is 0 Å². The molecule has 0 radical (unpaired) electrons. The first-order chi connectivity index (χ1) is 13.9. The van der Waals surface area contributed by atoms with Crippen molar-refractivity contribution in [3.05, 3.63) is 0 Å². The molecule has 4 N–H and O–H groups in total. The van der Waals surface area contributed by atoms with Crippen LogP contribution in [0.1, 0.15) is 104 Å². The SMILES string of the molecule is CC(=O)O.CCCCCCCCCCCC(=O)N[C@@H](CCCN)C(=O)OCCC. The summed E-state index contributed by atoms with van der Waals surface area (Å²) in [6, 6.07) is -0.554. The van der Waals surface area contributed by atoms with Crippen LogP contribution in [0.5, 0.6) is 0 Å². The zero-order valence-corrected chi connectivity index (χ0v) is 18.8. The summed E-state index contributed by atoms with van der Waals surface area (Å²) in [5.74, 6) is -1.23. The predicted molar refractivity (Wildman–Crippen MR) is 117 cm³/mol. The zero-order chi connectivity index (χ0) is 22.3. The van der Waals surface area contributed by atoms with Crippen molar-refractivity contribution < 1.29 is 24.2 Å². The number of hydrogen-bond acceptors (Lipinski definition) is 5. The predicted octanol–water partition coefficient (Wildman–Crippen LogP) is 4.18. The van der Waals surface area contributed by atoms with Crippen LogP contribution in [0.15, 0.2) is 0 Å². The quantitative estimate of drug-likeness (QED) is 0.242.